The number of rotatable bonds is 5. The van der Waals surface area contributed by atoms with Crippen LogP contribution in [0.2, 0.25) is 5.02 Å². The van der Waals surface area contributed by atoms with Gasteiger partial charge in [-0.05, 0) is 62.6 Å². The molecule has 1 saturated heterocycles. The maximum absolute atomic E-state index is 12.3. The van der Waals surface area contributed by atoms with E-state index in [0.29, 0.717) is 10.7 Å². The number of halogens is 1. The van der Waals surface area contributed by atoms with Crippen LogP contribution >= 0.6 is 11.6 Å². The zero-order valence-corrected chi connectivity index (χ0v) is 15.2. The average Bonchev–Trinajstić information content (AvgIpc) is 2.65. The molecule has 4 nitrogen and oxygen atoms in total. The molecular formula is C20H24ClN3O. The summed E-state index contributed by atoms with van der Waals surface area (Å²) in [6, 6.07) is 15.2. The molecule has 1 heterocycles. The fraction of sp³-hybridized carbons (Fsp3) is 0.350. The Kier molecular flexibility index (Phi) is 5.82. The van der Waals surface area contributed by atoms with Gasteiger partial charge in [-0.15, -0.1) is 0 Å². The van der Waals surface area contributed by atoms with Crippen LogP contribution in [0.5, 0.6) is 0 Å². The van der Waals surface area contributed by atoms with Gasteiger partial charge in [-0.3, -0.25) is 4.79 Å². The lowest BCUT2D eigenvalue weighted by molar-refractivity contribution is -0.116. The Morgan fingerprint density at radius 1 is 1.04 bits per heavy atom. The standard InChI is InChI=1S/C20H24ClN3O/c1-15(20(25)23-19-8-4-3-7-18(19)21)22-16-9-11-17(12-10-16)24-13-5-2-6-14-24/h3-4,7-12,15,22H,2,5-6,13-14H2,1H3,(H,23,25)/t15-/m0/s1. The fourth-order valence-electron chi connectivity index (χ4n) is 3.04. The average molecular weight is 358 g/mol. The summed E-state index contributed by atoms with van der Waals surface area (Å²) in [5, 5.41) is 6.63. The van der Waals surface area contributed by atoms with E-state index in [1.54, 1.807) is 12.1 Å². The van der Waals surface area contributed by atoms with E-state index in [0.717, 1.165) is 18.8 Å². The summed E-state index contributed by atoms with van der Waals surface area (Å²) in [6.45, 7) is 4.09. The number of benzene rings is 2. The van der Waals surface area contributed by atoms with Crippen LogP contribution in [-0.4, -0.2) is 25.0 Å². The first kappa shape index (κ1) is 17.6. The molecule has 3 rings (SSSR count). The van der Waals surface area contributed by atoms with Gasteiger partial charge in [0, 0.05) is 24.5 Å². The van der Waals surface area contributed by atoms with Gasteiger partial charge in [0.2, 0.25) is 5.91 Å². The molecule has 25 heavy (non-hydrogen) atoms. The van der Waals surface area contributed by atoms with Gasteiger partial charge in [0.1, 0.15) is 6.04 Å². The highest BCUT2D eigenvalue weighted by molar-refractivity contribution is 6.33. The van der Waals surface area contributed by atoms with Crippen molar-refractivity contribution in [3.05, 3.63) is 53.6 Å². The van der Waals surface area contributed by atoms with Crippen molar-refractivity contribution in [2.75, 3.05) is 28.6 Å². The lowest BCUT2D eigenvalue weighted by atomic mass is 10.1. The molecule has 0 bridgehead atoms. The first-order chi connectivity index (χ1) is 12.1. The molecule has 2 N–H and O–H groups in total. The Bertz CT molecular complexity index is 711. The van der Waals surface area contributed by atoms with Crippen LogP contribution < -0.4 is 15.5 Å². The van der Waals surface area contributed by atoms with E-state index in [1.807, 2.05) is 31.2 Å². The molecular weight excluding hydrogens is 334 g/mol. The molecule has 1 fully saturated rings. The van der Waals surface area contributed by atoms with E-state index >= 15 is 0 Å². The molecule has 1 aliphatic heterocycles. The normalized spacial score (nSPS) is 15.5. The van der Waals surface area contributed by atoms with Gasteiger partial charge in [0.25, 0.3) is 0 Å². The van der Waals surface area contributed by atoms with Gasteiger partial charge in [-0.2, -0.15) is 0 Å². The number of piperidine rings is 1. The topological polar surface area (TPSA) is 44.4 Å². The van der Waals surface area contributed by atoms with Crippen LogP contribution in [0.3, 0.4) is 0 Å². The minimum Gasteiger partial charge on any atom is -0.374 e. The van der Waals surface area contributed by atoms with E-state index in [4.69, 9.17) is 11.6 Å². The van der Waals surface area contributed by atoms with Crippen LogP contribution in [0.4, 0.5) is 17.1 Å². The van der Waals surface area contributed by atoms with Gasteiger partial charge in [-0.25, -0.2) is 0 Å². The smallest absolute Gasteiger partial charge is 0.246 e. The predicted molar refractivity (Wildman–Crippen MR) is 106 cm³/mol. The number of nitrogens with zero attached hydrogens (tertiary/aromatic N) is 1. The maximum atomic E-state index is 12.3. The second-order valence-electron chi connectivity index (χ2n) is 6.43. The minimum absolute atomic E-state index is 0.117. The van der Waals surface area contributed by atoms with E-state index in [9.17, 15) is 4.79 Å². The van der Waals surface area contributed by atoms with E-state index < -0.39 is 0 Å². The summed E-state index contributed by atoms with van der Waals surface area (Å²) in [7, 11) is 0. The first-order valence-corrected chi connectivity index (χ1v) is 9.18. The number of nitrogens with one attached hydrogen (secondary N) is 2. The van der Waals surface area contributed by atoms with Crippen molar-refractivity contribution in [1.29, 1.82) is 0 Å². The van der Waals surface area contributed by atoms with Gasteiger partial charge >= 0.3 is 0 Å². The third-order valence-corrected chi connectivity index (χ3v) is 4.83. The SMILES string of the molecule is C[C@H](Nc1ccc(N2CCCCC2)cc1)C(=O)Nc1ccccc1Cl. The number of carbonyl (C=O) groups excluding carboxylic acids is 1. The minimum atomic E-state index is -0.364. The Morgan fingerprint density at radius 3 is 2.40 bits per heavy atom. The molecule has 1 amide bonds. The molecule has 0 aliphatic carbocycles. The molecule has 0 spiro atoms. The lowest BCUT2D eigenvalue weighted by Gasteiger charge is -2.29. The highest BCUT2D eigenvalue weighted by Crippen LogP contribution is 2.23. The number of hydrogen-bond donors (Lipinski definition) is 2. The summed E-state index contributed by atoms with van der Waals surface area (Å²) in [6.07, 6.45) is 3.85. The van der Waals surface area contributed by atoms with E-state index in [-0.39, 0.29) is 11.9 Å². The fourth-order valence-corrected chi connectivity index (χ4v) is 3.22. The third kappa shape index (κ3) is 4.67. The van der Waals surface area contributed by atoms with Crippen molar-refractivity contribution in [3.63, 3.8) is 0 Å². The largest absolute Gasteiger partial charge is 0.374 e. The highest BCUT2D eigenvalue weighted by atomic mass is 35.5. The van der Waals surface area contributed by atoms with E-state index in [2.05, 4.69) is 27.7 Å². The van der Waals surface area contributed by atoms with Gasteiger partial charge < -0.3 is 15.5 Å². The zero-order chi connectivity index (χ0) is 17.6. The van der Waals surface area contributed by atoms with Crippen LogP contribution in [0.15, 0.2) is 48.5 Å². The summed E-state index contributed by atoms with van der Waals surface area (Å²) < 4.78 is 0. The Labute approximate surface area is 154 Å². The van der Waals surface area contributed by atoms with Crippen molar-refractivity contribution in [2.45, 2.75) is 32.2 Å². The van der Waals surface area contributed by atoms with Crippen molar-refractivity contribution in [2.24, 2.45) is 0 Å². The molecule has 0 saturated carbocycles. The molecule has 132 valence electrons. The number of para-hydroxylation sites is 1. The molecule has 0 aromatic heterocycles. The summed E-state index contributed by atoms with van der Waals surface area (Å²) >= 11 is 6.08. The van der Waals surface area contributed by atoms with Crippen molar-refractivity contribution >= 4 is 34.6 Å². The molecule has 0 unspecified atom stereocenters. The lowest BCUT2D eigenvalue weighted by Crippen LogP contribution is -2.32. The summed E-state index contributed by atoms with van der Waals surface area (Å²) in [5.74, 6) is -0.117. The number of amides is 1. The molecule has 0 radical (unpaired) electrons. The van der Waals surface area contributed by atoms with Crippen molar-refractivity contribution < 1.29 is 4.79 Å². The number of carbonyl (C=O) groups is 1. The second kappa shape index (κ2) is 8.26. The van der Waals surface area contributed by atoms with Crippen molar-refractivity contribution in [1.82, 2.24) is 0 Å². The van der Waals surface area contributed by atoms with Crippen LogP contribution in [0, 0.1) is 0 Å². The first-order valence-electron chi connectivity index (χ1n) is 8.80. The summed E-state index contributed by atoms with van der Waals surface area (Å²) in [5.41, 5.74) is 2.81. The predicted octanol–water partition coefficient (Wildman–Crippen LogP) is 4.77. The monoisotopic (exact) mass is 357 g/mol. The number of anilines is 3. The van der Waals surface area contributed by atoms with Crippen LogP contribution in [0.1, 0.15) is 26.2 Å². The van der Waals surface area contributed by atoms with Crippen LogP contribution in [-0.2, 0) is 4.79 Å². The molecule has 1 aliphatic rings. The Balaban J connectivity index is 1.57. The maximum Gasteiger partial charge on any atom is 0.246 e. The molecule has 2 aromatic rings. The third-order valence-electron chi connectivity index (χ3n) is 4.50. The molecule has 1 atom stereocenters. The van der Waals surface area contributed by atoms with Crippen LogP contribution in [0.25, 0.3) is 0 Å². The quantitative estimate of drug-likeness (QED) is 0.810. The summed E-state index contributed by atoms with van der Waals surface area (Å²) in [4.78, 5) is 14.8. The van der Waals surface area contributed by atoms with Gasteiger partial charge in [-0.1, -0.05) is 23.7 Å². The Morgan fingerprint density at radius 2 is 1.72 bits per heavy atom. The Hall–Kier alpha value is -2.20. The zero-order valence-electron chi connectivity index (χ0n) is 14.5. The highest BCUT2D eigenvalue weighted by Gasteiger charge is 2.15. The van der Waals surface area contributed by atoms with Gasteiger partial charge in [0.05, 0.1) is 10.7 Å². The van der Waals surface area contributed by atoms with Crippen molar-refractivity contribution in [3.8, 4) is 0 Å². The van der Waals surface area contributed by atoms with E-state index in [1.165, 1.54) is 24.9 Å². The molecule has 5 heteroatoms. The molecule has 2 aromatic carbocycles. The number of hydrogen-bond acceptors (Lipinski definition) is 3. The van der Waals surface area contributed by atoms with Gasteiger partial charge in [0.15, 0.2) is 0 Å². The second-order valence-corrected chi connectivity index (χ2v) is 6.84.